The van der Waals surface area contributed by atoms with E-state index >= 15 is 0 Å². The fourth-order valence-electron chi connectivity index (χ4n) is 2.49. The Morgan fingerprint density at radius 2 is 2.19 bits per heavy atom. The average Bonchev–Trinajstić information content (AvgIpc) is 2.42. The van der Waals surface area contributed by atoms with Gasteiger partial charge in [-0.1, -0.05) is 18.6 Å². The number of carbonyl (C=O) groups is 1. The lowest BCUT2D eigenvalue weighted by Crippen LogP contribution is -2.43. The van der Waals surface area contributed by atoms with Gasteiger partial charge in [-0.05, 0) is 19.3 Å². The number of carbonyl (C=O) groups excluding carboxylic acids is 1. The minimum atomic E-state index is -0.494. The number of aliphatic hydroxyl groups is 1. The van der Waals surface area contributed by atoms with Crippen molar-refractivity contribution in [1.82, 2.24) is 4.90 Å². The van der Waals surface area contributed by atoms with E-state index in [1.165, 1.54) is 24.6 Å². The van der Waals surface area contributed by atoms with Crippen molar-refractivity contribution < 1.29 is 14.8 Å². The largest absolute Gasteiger partial charge is 0.396 e. The van der Waals surface area contributed by atoms with Crippen LogP contribution in [0.3, 0.4) is 0 Å². The molecule has 1 aliphatic carbocycles. The Morgan fingerprint density at radius 3 is 2.76 bits per heavy atom. The highest BCUT2D eigenvalue weighted by molar-refractivity contribution is 5.98. The van der Waals surface area contributed by atoms with Crippen LogP contribution in [0.25, 0.3) is 0 Å². The second-order valence-electron chi connectivity index (χ2n) is 5.36. The van der Waals surface area contributed by atoms with E-state index in [2.05, 4.69) is 4.90 Å². The van der Waals surface area contributed by atoms with Crippen molar-refractivity contribution in [2.24, 2.45) is 0 Å². The second-order valence-corrected chi connectivity index (χ2v) is 5.36. The van der Waals surface area contributed by atoms with Crippen LogP contribution in [-0.4, -0.2) is 46.5 Å². The van der Waals surface area contributed by atoms with Gasteiger partial charge >= 0.3 is 0 Å². The number of ketones is 1. The summed E-state index contributed by atoms with van der Waals surface area (Å²) >= 11 is 0. The van der Waals surface area contributed by atoms with Crippen LogP contribution in [-0.2, 0) is 0 Å². The molecule has 1 aromatic rings. The lowest BCUT2D eigenvalue weighted by Gasteiger charge is -2.37. The zero-order valence-electron chi connectivity index (χ0n) is 11.9. The summed E-state index contributed by atoms with van der Waals surface area (Å²) in [5, 5.41) is 19.7. The van der Waals surface area contributed by atoms with Crippen LogP contribution in [0.5, 0.6) is 0 Å². The van der Waals surface area contributed by atoms with Crippen LogP contribution in [0, 0.1) is 10.1 Å². The Balaban J connectivity index is 2.03. The summed E-state index contributed by atoms with van der Waals surface area (Å²) in [7, 11) is 0. The molecular weight excluding hydrogens is 272 g/mol. The van der Waals surface area contributed by atoms with Gasteiger partial charge in [0.2, 0.25) is 0 Å². The molecule has 0 aromatic heterocycles. The maximum atomic E-state index is 12.3. The van der Waals surface area contributed by atoms with Crippen molar-refractivity contribution in [1.29, 1.82) is 0 Å². The van der Waals surface area contributed by atoms with Crippen LogP contribution >= 0.6 is 0 Å². The molecule has 1 aromatic carbocycles. The van der Waals surface area contributed by atoms with Crippen molar-refractivity contribution in [2.75, 3.05) is 19.7 Å². The first-order chi connectivity index (χ1) is 10.1. The topological polar surface area (TPSA) is 83.7 Å². The first-order valence-corrected chi connectivity index (χ1v) is 7.24. The summed E-state index contributed by atoms with van der Waals surface area (Å²) in [6.45, 7) is 1.04. The first kappa shape index (κ1) is 15.6. The molecule has 0 amide bonds. The third-order valence-electron chi connectivity index (χ3n) is 3.92. The molecule has 114 valence electrons. The van der Waals surface area contributed by atoms with Gasteiger partial charge in [0, 0.05) is 36.9 Å². The van der Waals surface area contributed by atoms with Gasteiger partial charge in [0.25, 0.3) is 5.69 Å². The van der Waals surface area contributed by atoms with Gasteiger partial charge in [-0.2, -0.15) is 0 Å². The quantitative estimate of drug-likeness (QED) is 0.450. The first-order valence-electron chi connectivity index (χ1n) is 7.24. The van der Waals surface area contributed by atoms with Crippen molar-refractivity contribution in [3.8, 4) is 0 Å². The van der Waals surface area contributed by atoms with E-state index in [-0.39, 0.29) is 24.6 Å². The van der Waals surface area contributed by atoms with Crippen LogP contribution in [0.15, 0.2) is 24.3 Å². The predicted octanol–water partition coefficient (Wildman–Crippen LogP) is 2.01. The molecule has 1 fully saturated rings. The summed E-state index contributed by atoms with van der Waals surface area (Å²) in [6, 6.07) is 6.26. The number of nitro groups is 1. The molecule has 0 atom stereocenters. The minimum Gasteiger partial charge on any atom is -0.396 e. The van der Waals surface area contributed by atoms with E-state index in [9.17, 15) is 14.9 Å². The van der Waals surface area contributed by atoms with Gasteiger partial charge in [0.05, 0.1) is 11.5 Å². The van der Waals surface area contributed by atoms with Crippen LogP contribution in [0.2, 0.25) is 0 Å². The molecule has 0 unspecified atom stereocenters. The summed E-state index contributed by atoms with van der Waals surface area (Å²) in [5.41, 5.74) is 0.309. The summed E-state index contributed by atoms with van der Waals surface area (Å²) in [5.74, 6) is -0.108. The summed E-state index contributed by atoms with van der Waals surface area (Å²) < 4.78 is 0. The lowest BCUT2D eigenvalue weighted by molar-refractivity contribution is -0.384. The molecule has 0 aliphatic heterocycles. The van der Waals surface area contributed by atoms with Crippen molar-refractivity contribution >= 4 is 11.5 Å². The second kappa shape index (κ2) is 7.28. The maximum absolute atomic E-state index is 12.3. The van der Waals surface area contributed by atoms with Gasteiger partial charge in [0.1, 0.15) is 0 Å². The molecule has 2 rings (SSSR count). The standard InChI is InChI=1S/C15H20N2O4/c18-9-3-8-16(13-5-2-6-13)11-15(19)12-4-1-7-14(10-12)17(20)21/h1,4,7,10,13,18H,2-3,5-6,8-9,11H2. The number of aliphatic hydroxyl groups excluding tert-OH is 1. The van der Waals surface area contributed by atoms with E-state index in [0.29, 0.717) is 24.6 Å². The summed E-state index contributed by atoms with van der Waals surface area (Å²) in [4.78, 5) is 24.7. The minimum absolute atomic E-state index is 0.0635. The van der Waals surface area contributed by atoms with Gasteiger partial charge in [-0.25, -0.2) is 0 Å². The molecule has 21 heavy (non-hydrogen) atoms. The molecule has 6 heteroatoms. The highest BCUT2D eigenvalue weighted by atomic mass is 16.6. The van der Waals surface area contributed by atoms with Crippen molar-refractivity contribution in [2.45, 2.75) is 31.7 Å². The Bertz CT molecular complexity index is 514. The smallest absolute Gasteiger partial charge is 0.270 e. The van der Waals surface area contributed by atoms with E-state index in [1.54, 1.807) is 6.07 Å². The molecule has 1 N–H and O–H groups in total. The van der Waals surface area contributed by atoms with Gasteiger partial charge < -0.3 is 5.11 Å². The van der Waals surface area contributed by atoms with E-state index in [4.69, 9.17) is 5.11 Å². The third-order valence-corrected chi connectivity index (χ3v) is 3.92. The highest BCUT2D eigenvalue weighted by Gasteiger charge is 2.26. The maximum Gasteiger partial charge on any atom is 0.270 e. The zero-order valence-corrected chi connectivity index (χ0v) is 11.9. The number of benzene rings is 1. The number of non-ortho nitro benzene ring substituents is 1. The number of hydrogen-bond donors (Lipinski definition) is 1. The van der Waals surface area contributed by atoms with E-state index in [0.717, 1.165) is 12.8 Å². The molecule has 1 saturated carbocycles. The fourth-order valence-corrected chi connectivity index (χ4v) is 2.49. The number of nitrogens with zero attached hydrogens (tertiary/aromatic N) is 2. The van der Waals surface area contributed by atoms with Gasteiger partial charge in [-0.15, -0.1) is 0 Å². The summed E-state index contributed by atoms with van der Waals surface area (Å²) in [6.07, 6.45) is 3.96. The monoisotopic (exact) mass is 292 g/mol. The van der Waals surface area contributed by atoms with Crippen LogP contribution in [0.1, 0.15) is 36.0 Å². The predicted molar refractivity (Wildman–Crippen MR) is 78.3 cm³/mol. The number of rotatable bonds is 8. The number of Topliss-reactive ketones (excluding diaryl/α,β-unsaturated/α-hetero) is 1. The molecule has 1 aliphatic rings. The normalized spacial score (nSPS) is 15.0. The van der Waals surface area contributed by atoms with Crippen molar-refractivity contribution in [3.05, 3.63) is 39.9 Å². The fraction of sp³-hybridized carbons (Fsp3) is 0.533. The van der Waals surface area contributed by atoms with Gasteiger partial charge in [-0.3, -0.25) is 19.8 Å². The molecule has 0 radical (unpaired) electrons. The van der Waals surface area contributed by atoms with E-state index in [1.807, 2.05) is 0 Å². The highest BCUT2D eigenvalue weighted by Crippen LogP contribution is 2.25. The molecule has 0 bridgehead atoms. The average molecular weight is 292 g/mol. The zero-order chi connectivity index (χ0) is 15.2. The van der Waals surface area contributed by atoms with Gasteiger partial charge in [0.15, 0.2) is 5.78 Å². The SMILES string of the molecule is O=C(CN(CCCO)C1CCC1)c1cccc([N+](=O)[O-])c1. The lowest BCUT2D eigenvalue weighted by atomic mass is 9.91. The molecular formula is C15H20N2O4. The third kappa shape index (κ3) is 4.09. The molecule has 6 nitrogen and oxygen atoms in total. The Hall–Kier alpha value is -1.79. The Labute approximate surface area is 123 Å². The number of nitro benzene ring substituents is 1. The van der Waals surface area contributed by atoms with Crippen molar-refractivity contribution in [3.63, 3.8) is 0 Å². The molecule has 0 spiro atoms. The molecule has 0 saturated heterocycles. The Kier molecular flexibility index (Phi) is 5.41. The Morgan fingerprint density at radius 1 is 1.43 bits per heavy atom. The van der Waals surface area contributed by atoms with Crippen LogP contribution in [0.4, 0.5) is 5.69 Å². The molecule has 0 heterocycles. The van der Waals surface area contributed by atoms with E-state index < -0.39 is 4.92 Å². The number of hydrogen-bond acceptors (Lipinski definition) is 5. The van der Waals surface area contributed by atoms with Crippen LogP contribution < -0.4 is 0 Å².